The van der Waals surface area contributed by atoms with Gasteiger partial charge in [0.1, 0.15) is 5.75 Å². The van der Waals surface area contributed by atoms with Crippen LogP contribution >= 0.6 is 0 Å². The van der Waals surface area contributed by atoms with E-state index in [-0.39, 0.29) is 0 Å². The Hall–Kier alpha value is -2.06. The monoisotopic (exact) mass is 279 g/mol. The smallest absolute Gasteiger partial charge is 0.115 e. The molecule has 108 valence electrons. The Morgan fingerprint density at radius 3 is 2.71 bits per heavy atom. The van der Waals surface area contributed by atoms with Gasteiger partial charge >= 0.3 is 0 Å². The zero-order valence-corrected chi connectivity index (χ0v) is 12.4. The van der Waals surface area contributed by atoms with Gasteiger partial charge in [-0.25, -0.2) is 0 Å². The molecule has 0 saturated heterocycles. The molecule has 0 spiro atoms. The van der Waals surface area contributed by atoms with E-state index in [1.165, 1.54) is 16.7 Å². The normalized spacial score (nSPS) is 20.5. The van der Waals surface area contributed by atoms with Gasteiger partial charge in [-0.3, -0.25) is 4.90 Å². The molecule has 1 aliphatic carbocycles. The molecule has 1 N–H and O–H groups in total. The fourth-order valence-electron chi connectivity index (χ4n) is 3.42. The molecule has 2 nitrogen and oxygen atoms in total. The number of nitrogens with zero attached hydrogens (tertiary/aromatic N) is 1. The topological polar surface area (TPSA) is 23.5 Å². The third-order valence-electron chi connectivity index (χ3n) is 4.42. The van der Waals surface area contributed by atoms with E-state index < -0.39 is 0 Å². The average Bonchev–Trinajstić information content (AvgIpc) is 2.87. The molecule has 0 heterocycles. The van der Waals surface area contributed by atoms with Crippen molar-refractivity contribution in [3.63, 3.8) is 0 Å². The first-order chi connectivity index (χ1) is 10.2. The Morgan fingerprint density at radius 2 is 2.00 bits per heavy atom. The van der Waals surface area contributed by atoms with Gasteiger partial charge in [0.2, 0.25) is 0 Å². The summed E-state index contributed by atoms with van der Waals surface area (Å²) in [4.78, 5) is 2.35. The number of fused-ring (bicyclic) bond motifs is 1. The summed E-state index contributed by atoms with van der Waals surface area (Å²) >= 11 is 0. The SMILES string of the molecule is C=CCN(C)[C@@H]1Cc2ccc(O)cc2[C@H]1c1ccccc1. The van der Waals surface area contributed by atoms with Crippen LogP contribution in [0.3, 0.4) is 0 Å². The van der Waals surface area contributed by atoms with Crippen LogP contribution in [0.1, 0.15) is 22.6 Å². The van der Waals surface area contributed by atoms with Crippen molar-refractivity contribution in [3.05, 3.63) is 77.9 Å². The molecule has 3 rings (SSSR count). The summed E-state index contributed by atoms with van der Waals surface area (Å²) in [7, 11) is 2.15. The first-order valence-corrected chi connectivity index (χ1v) is 7.38. The molecule has 0 unspecified atom stereocenters. The first-order valence-electron chi connectivity index (χ1n) is 7.38. The zero-order valence-electron chi connectivity index (χ0n) is 12.4. The third-order valence-corrected chi connectivity index (χ3v) is 4.42. The standard InChI is InChI=1S/C19H21NO/c1-3-11-20(2)18-12-15-9-10-16(21)13-17(15)19(18)14-7-5-4-6-8-14/h3-10,13,18-19,21H,1,11-12H2,2H3/t18-,19-/m1/s1. The van der Waals surface area contributed by atoms with Crippen molar-refractivity contribution in [3.8, 4) is 5.75 Å². The highest BCUT2D eigenvalue weighted by Crippen LogP contribution is 2.41. The summed E-state index contributed by atoms with van der Waals surface area (Å²) in [5, 5.41) is 9.86. The lowest BCUT2D eigenvalue weighted by atomic mass is 9.89. The van der Waals surface area contributed by atoms with Gasteiger partial charge in [0, 0.05) is 18.5 Å². The molecular formula is C19H21NO. The minimum atomic E-state index is 0.304. The van der Waals surface area contributed by atoms with Crippen molar-refractivity contribution < 1.29 is 5.11 Å². The first kappa shape index (κ1) is 13.9. The van der Waals surface area contributed by atoms with Crippen LogP contribution in [0.2, 0.25) is 0 Å². The Kier molecular flexibility index (Phi) is 3.80. The van der Waals surface area contributed by atoms with Gasteiger partial charge in [0.25, 0.3) is 0 Å². The Morgan fingerprint density at radius 1 is 1.24 bits per heavy atom. The van der Waals surface area contributed by atoms with E-state index in [0.29, 0.717) is 17.7 Å². The van der Waals surface area contributed by atoms with Gasteiger partial charge in [0.05, 0.1) is 0 Å². The Balaban J connectivity index is 2.05. The van der Waals surface area contributed by atoms with Crippen molar-refractivity contribution in [2.24, 2.45) is 0 Å². The van der Waals surface area contributed by atoms with Gasteiger partial charge in [0.15, 0.2) is 0 Å². The predicted molar refractivity (Wildman–Crippen MR) is 86.7 cm³/mol. The largest absolute Gasteiger partial charge is 0.508 e. The molecule has 2 atom stereocenters. The minimum Gasteiger partial charge on any atom is -0.508 e. The summed E-state index contributed by atoms with van der Waals surface area (Å²) in [6, 6.07) is 16.7. The second kappa shape index (κ2) is 5.74. The zero-order chi connectivity index (χ0) is 14.8. The number of rotatable bonds is 4. The van der Waals surface area contributed by atoms with Crippen molar-refractivity contribution >= 4 is 0 Å². The van der Waals surface area contributed by atoms with Gasteiger partial charge in [-0.05, 0) is 42.3 Å². The van der Waals surface area contributed by atoms with Gasteiger partial charge < -0.3 is 5.11 Å². The van der Waals surface area contributed by atoms with E-state index in [1.54, 1.807) is 6.07 Å². The summed E-state index contributed by atoms with van der Waals surface area (Å²) in [5.74, 6) is 0.653. The summed E-state index contributed by atoms with van der Waals surface area (Å²) in [6.07, 6.45) is 2.96. The third kappa shape index (κ3) is 2.59. The van der Waals surface area contributed by atoms with Gasteiger partial charge in [-0.15, -0.1) is 6.58 Å². The molecular weight excluding hydrogens is 258 g/mol. The highest BCUT2D eigenvalue weighted by atomic mass is 16.3. The lowest BCUT2D eigenvalue weighted by Crippen LogP contribution is -2.35. The van der Waals surface area contributed by atoms with Crippen molar-refractivity contribution in [1.82, 2.24) is 4.90 Å². The average molecular weight is 279 g/mol. The van der Waals surface area contributed by atoms with Crippen LogP contribution < -0.4 is 0 Å². The number of phenolic OH excluding ortho intramolecular Hbond substituents is 1. The summed E-state index contributed by atoms with van der Waals surface area (Å²) in [5.41, 5.74) is 3.90. The van der Waals surface area contributed by atoms with Crippen LogP contribution in [0.4, 0.5) is 0 Å². The molecule has 2 heteroatoms. The number of likely N-dealkylation sites (N-methyl/N-ethyl adjacent to an activating group) is 1. The van der Waals surface area contributed by atoms with Crippen molar-refractivity contribution in [2.45, 2.75) is 18.4 Å². The second-order valence-electron chi connectivity index (χ2n) is 5.77. The fraction of sp³-hybridized carbons (Fsp3) is 0.263. The van der Waals surface area contributed by atoms with E-state index in [4.69, 9.17) is 0 Å². The molecule has 0 saturated carbocycles. The summed E-state index contributed by atoms with van der Waals surface area (Å²) < 4.78 is 0. The van der Waals surface area contributed by atoms with Crippen LogP contribution in [-0.2, 0) is 6.42 Å². The van der Waals surface area contributed by atoms with E-state index in [1.807, 2.05) is 18.2 Å². The molecule has 0 fully saturated rings. The fourth-order valence-corrected chi connectivity index (χ4v) is 3.42. The molecule has 21 heavy (non-hydrogen) atoms. The number of aromatic hydroxyl groups is 1. The maximum absolute atomic E-state index is 9.86. The van der Waals surface area contributed by atoms with Crippen LogP contribution in [0.5, 0.6) is 5.75 Å². The van der Waals surface area contributed by atoms with Crippen molar-refractivity contribution in [2.75, 3.05) is 13.6 Å². The molecule has 0 bridgehead atoms. The van der Waals surface area contributed by atoms with E-state index in [9.17, 15) is 5.11 Å². The number of hydrogen-bond donors (Lipinski definition) is 1. The van der Waals surface area contributed by atoms with Crippen LogP contribution in [-0.4, -0.2) is 29.6 Å². The lowest BCUT2D eigenvalue weighted by molar-refractivity contribution is 0.256. The molecule has 1 aliphatic rings. The van der Waals surface area contributed by atoms with Gasteiger partial charge in [-0.1, -0.05) is 42.5 Å². The number of hydrogen-bond acceptors (Lipinski definition) is 2. The van der Waals surface area contributed by atoms with Crippen LogP contribution in [0, 0.1) is 0 Å². The minimum absolute atomic E-state index is 0.304. The quantitative estimate of drug-likeness (QED) is 0.865. The molecule has 2 aromatic carbocycles. The van der Waals surface area contributed by atoms with Gasteiger partial charge in [-0.2, -0.15) is 0 Å². The number of benzene rings is 2. The lowest BCUT2D eigenvalue weighted by Gasteiger charge is -2.29. The molecule has 0 aromatic heterocycles. The molecule has 0 aliphatic heterocycles. The van der Waals surface area contributed by atoms with Crippen LogP contribution in [0.15, 0.2) is 61.2 Å². The summed E-state index contributed by atoms with van der Waals surface area (Å²) in [6.45, 7) is 4.72. The predicted octanol–water partition coefficient (Wildman–Crippen LogP) is 3.57. The maximum atomic E-state index is 9.86. The Labute approximate surface area is 126 Å². The molecule has 0 radical (unpaired) electrons. The maximum Gasteiger partial charge on any atom is 0.115 e. The molecule has 0 amide bonds. The second-order valence-corrected chi connectivity index (χ2v) is 5.77. The van der Waals surface area contributed by atoms with E-state index in [2.05, 4.69) is 48.9 Å². The van der Waals surface area contributed by atoms with E-state index >= 15 is 0 Å². The Bertz CT molecular complexity index is 635. The number of phenols is 1. The van der Waals surface area contributed by atoms with Crippen LogP contribution in [0.25, 0.3) is 0 Å². The van der Waals surface area contributed by atoms with E-state index in [0.717, 1.165) is 13.0 Å². The molecule has 2 aromatic rings. The highest BCUT2D eigenvalue weighted by Gasteiger charge is 2.35. The van der Waals surface area contributed by atoms with Crippen molar-refractivity contribution in [1.29, 1.82) is 0 Å². The highest BCUT2D eigenvalue weighted by molar-refractivity contribution is 5.48.